The number of nitrogens with zero attached hydrogens (tertiary/aromatic N) is 1. The largest absolute Gasteiger partial charge is 0.462 e. The summed E-state index contributed by atoms with van der Waals surface area (Å²) in [5, 5.41) is 1.37. The Morgan fingerprint density at radius 2 is 2.16 bits per heavy atom. The monoisotopic (exact) mass is 298 g/mol. The highest BCUT2D eigenvalue weighted by molar-refractivity contribution is 6.41. The lowest BCUT2D eigenvalue weighted by Crippen LogP contribution is -2.09. The predicted molar refractivity (Wildman–Crippen MR) is 76.9 cm³/mol. The molecule has 0 aliphatic heterocycles. The molecule has 1 aromatic carbocycles. The first-order valence-corrected chi connectivity index (χ1v) is 6.42. The molecule has 19 heavy (non-hydrogen) atoms. The Kier molecular flexibility index (Phi) is 3.83. The van der Waals surface area contributed by atoms with E-state index in [1.807, 2.05) is 6.92 Å². The van der Waals surface area contributed by atoms with E-state index in [1.165, 1.54) is 6.20 Å². The van der Waals surface area contributed by atoms with Crippen LogP contribution in [0.1, 0.15) is 22.8 Å². The summed E-state index contributed by atoms with van der Waals surface area (Å²) in [6.45, 7) is 3.79. The van der Waals surface area contributed by atoms with Gasteiger partial charge in [0.2, 0.25) is 0 Å². The SMILES string of the molecule is CCOC(=O)c1cnc2c(Cl)cc(C)c(Cl)c2c1N. The molecule has 6 heteroatoms. The minimum atomic E-state index is -0.525. The molecule has 0 aliphatic carbocycles. The van der Waals surface area contributed by atoms with Crippen molar-refractivity contribution < 1.29 is 9.53 Å². The predicted octanol–water partition coefficient (Wildman–Crippen LogP) is 3.61. The highest BCUT2D eigenvalue weighted by atomic mass is 35.5. The number of carbonyl (C=O) groups is 1. The summed E-state index contributed by atoms with van der Waals surface area (Å²) in [4.78, 5) is 15.9. The number of nitrogens with two attached hydrogens (primary N) is 1. The molecule has 2 N–H and O–H groups in total. The van der Waals surface area contributed by atoms with Crippen molar-refractivity contribution in [3.05, 3.63) is 33.4 Å². The molecule has 0 saturated carbocycles. The summed E-state index contributed by atoms with van der Waals surface area (Å²) >= 11 is 12.3. The third kappa shape index (κ3) is 2.33. The molecule has 0 spiro atoms. The summed E-state index contributed by atoms with van der Waals surface area (Å²) in [5.74, 6) is -0.525. The number of esters is 1. The first-order chi connectivity index (χ1) is 8.97. The number of pyridine rings is 1. The van der Waals surface area contributed by atoms with Gasteiger partial charge in [-0.15, -0.1) is 0 Å². The van der Waals surface area contributed by atoms with Crippen LogP contribution in [0.25, 0.3) is 10.9 Å². The van der Waals surface area contributed by atoms with Crippen LogP contribution in [0.15, 0.2) is 12.3 Å². The van der Waals surface area contributed by atoms with Crippen LogP contribution < -0.4 is 5.73 Å². The van der Waals surface area contributed by atoms with Crippen molar-refractivity contribution in [1.82, 2.24) is 4.98 Å². The van der Waals surface area contributed by atoms with E-state index >= 15 is 0 Å². The van der Waals surface area contributed by atoms with Gasteiger partial charge in [-0.2, -0.15) is 0 Å². The number of benzene rings is 1. The number of ether oxygens (including phenoxy) is 1. The van der Waals surface area contributed by atoms with Crippen molar-refractivity contribution >= 4 is 45.8 Å². The number of aryl methyl sites for hydroxylation is 1. The van der Waals surface area contributed by atoms with E-state index in [-0.39, 0.29) is 17.9 Å². The van der Waals surface area contributed by atoms with E-state index in [2.05, 4.69) is 4.98 Å². The van der Waals surface area contributed by atoms with Gasteiger partial charge in [-0.3, -0.25) is 4.98 Å². The second-order valence-corrected chi connectivity index (χ2v) is 4.80. The quantitative estimate of drug-likeness (QED) is 0.860. The van der Waals surface area contributed by atoms with E-state index in [0.29, 0.717) is 20.9 Å². The smallest absolute Gasteiger partial charge is 0.341 e. The average molecular weight is 299 g/mol. The Morgan fingerprint density at radius 3 is 2.79 bits per heavy atom. The zero-order valence-electron chi connectivity index (χ0n) is 10.5. The molecule has 0 radical (unpaired) electrons. The number of hydrogen-bond acceptors (Lipinski definition) is 4. The van der Waals surface area contributed by atoms with Crippen LogP contribution >= 0.6 is 23.2 Å². The molecule has 0 bridgehead atoms. The number of rotatable bonds is 2. The van der Waals surface area contributed by atoms with E-state index in [9.17, 15) is 4.79 Å². The third-order valence-corrected chi connectivity index (χ3v) is 3.52. The Morgan fingerprint density at radius 1 is 1.47 bits per heavy atom. The van der Waals surface area contributed by atoms with Crippen LogP contribution in [-0.2, 0) is 4.74 Å². The Bertz CT molecular complexity index is 671. The van der Waals surface area contributed by atoms with E-state index in [1.54, 1.807) is 13.0 Å². The molecule has 0 aliphatic rings. The minimum absolute atomic E-state index is 0.193. The van der Waals surface area contributed by atoms with Gasteiger partial charge in [-0.1, -0.05) is 23.2 Å². The number of fused-ring (bicyclic) bond motifs is 1. The number of halogens is 2. The van der Waals surface area contributed by atoms with Gasteiger partial charge >= 0.3 is 5.97 Å². The standard InChI is InChI=1S/C13H12Cl2N2O2/c1-3-19-13(18)7-5-17-12-8(14)4-6(2)10(15)9(12)11(7)16/h4-5H,3H2,1-2H3,(H2,16,17). The maximum atomic E-state index is 11.8. The molecule has 0 atom stereocenters. The van der Waals surface area contributed by atoms with E-state index in [4.69, 9.17) is 33.7 Å². The maximum absolute atomic E-state index is 11.8. The molecule has 1 aromatic heterocycles. The van der Waals surface area contributed by atoms with Crippen LogP contribution in [-0.4, -0.2) is 17.6 Å². The van der Waals surface area contributed by atoms with Crippen molar-refractivity contribution in [2.75, 3.05) is 12.3 Å². The van der Waals surface area contributed by atoms with Crippen molar-refractivity contribution in [1.29, 1.82) is 0 Å². The topological polar surface area (TPSA) is 65.2 Å². The first-order valence-electron chi connectivity index (χ1n) is 5.67. The second-order valence-electron chi connectivity index (χ2n) is 4.02. The molecule has 0 unspecified atom stereocenters. The van der Waals surface area contributed by atoms with Crippen LogP contribution in [0, 0.1) is 6.92 Å². The fraction of sp³-hybridized carbons (Fsp3) is 0.231. The number of carbonyl (C=O) groups excluding carboxylic acids is 1. The number of hydrogen-bond donors (Lipinski definition) is 1. The zero-order valence-corrected chi connectivity index (χ0v) is 12.0. The molecule has 100 valence electrons. The molecule has 0 amide bonds. The van der Waals surface area contributed by atoms with Crippen LogP contribution in [0.5, 0.6) is 0 Å². The lowest BCUT2D eigenvalue weighted by molar-refractivity contribution is 0.0527. The van der Waals surface area contributed by atoms with Crippen LogP contribution in [0.3, 0.4) is 0 Å². The molecule has 0 saturated heterocycles. The van der Waals surface area contributed by atoms with Crippen molar-refractivity contribution in [3.63, 3.8) is 0 Å². The number of nitrogen functional groups attached to an aromatic ring is 1. The summed E-state index contributed by atoms with van der Waals surface area (Å²) in [7, 11) is 0. The van der Waals surface area contributed by atoms with E-state index in [0.717, 1.165) is 5.56 Å². The Labute approximate surface area is 120 Å². The Hall–Kier alpha value is -1.52. The van der Waals surface area contributed by atoms with Gasteiger partial charge in [-0.05, 0) is 25.5 Å². The number of aromatic nitrogens is 1. The first kappa shape index (κ1) is 13.9. The molecule has 4 nitrogen and oxygen atoms in total. The molecule has 2 rings (SSSR count). The van der Waals surface area contributed by atoms with Crippen LogP contribution in [0.2, 0.25) is 10.0 Å². The third-order valence-electron chi connectivity index (χ3n) is 2.75. The summed E-state index contributed by atoms with van der Waals surface area (Å²) in [5.41, 5.74) is 7.68. The minimum Gasteiger partial charge on any atom is -0.462 e. The fourth-order valence-electron chi connectivity index (χ4n) is 1.82. The molecular weight excluding hydrogens is 287 g/mol. The zero-order chi connectivity index (χ0) is 14.2. The van der Waals surface area contributed by atoms with Crippen molar-refractivity contribution in [3.8, 4) is 0 Å². The van der Waals surface area contributed by atoms with Gasteiger partial charge in [-0.25, -0.2) is 4.79 Å². The summed E-state index contributed by atoms with van der Waals surface area (Å²) in [6, 6.07) is 1.71. The maximum Gasteiger partial charge on any atom is 0.341 e. The molecule has 1 heterocycles. The van der Waals surface area contributed by atoms with Gasteiger partial charge < -0.3 is 10.5 Å². The van der Waals surface area contributed by atoms with Gasteiger partial charge in [0.25, 0.3) is 0 Å². The van der Waals surface area contributed by atoms with E-state index < -0.39 is 5.97 Å². The van der Waals surface area contributed by atoms with Crippen molar-refractivity contribution in [2.24, 2.45) is 0 Å². The Balaban J connectivity index is 2.77. The van der Waals surface area contributed by atoms with Gasteiger partial charge in [0.1, 0.15) is 5.56 Å². The molecule has 2 aromatic rings. The highest BCUT2D eigenvalue weighted by Crippen LogP contribution is 2.36. The van der Waals surface area contributed by atoms with Gasteiger partial charge in [0.15, 0.2) is 0 Å². The van der Waals surface area contributed by atoms with Crippen molar-refractivity contribution in [2.45, 2.75) is 13.8 Å². The lowest BCUT2D eigenvalue weighted by Gasteiger charge is -2.11. The molecule has 0 fully saturated rings. The van der Waals surface area contributed by atoms with Crippen LogP contribution in [0.4, 0.5) is 5.69 Å². The summed E-state index contributed by atoms with van der Waals surface area (Å²) in [6.07, 6.45) is 1.35. The van der Waals surface area contributed by atoms with Gasteiger partial charge in [0.05, 0.1) is 27.9 Å². The second kappa shape index (κ2) is 5.23. The highest BCUT2D eigenvalue weighted by Gasteiger charge is 2.18. The average Bonchev–Trinajstić information content (AvgIpc) is 2.36. The molecular formula is C13H12Cl2N2O2. The lowest BCUT2D eigenvalue weighted by atomic mass is 10.1. The summed E-state index contributed by atoms with van der Waals surface area (Å²) < 4.78 is 4.92. The fourth-order valence-corrected chi connectivity index (χ4v) is 2.37. The number of anilines is 1. The normalized spacial score (nSPS) is 10.7. The van der Waals surface area contributed by atoms with Gasteiger partial charge in [0, 0.05) is 11.6 Å².